The van der Waals surface area contributed by atoms with Crippen molar-refractivity contribution in [1.29, 1.82) is 0 Å². The number of carbonyl (C=O) groups is 1. The molecule has 0 saturated carbocycles. The third kappa shape index (κ3) is 5.06. The van der Waals surface area contributed by atoms with Gasteiger partial charge in [0.15, 0.2) is 0 Å². The van der Waals surface area contributed by atoms with E-state index in [2.05, 4.69) is 5.32 Å². The fourth-order valence-corrected chi connectivity index (χ4v) is 3.59. The highest BCUT2D eigenvalue weighted by Gasteiger charge is 2.26. The lowest BCUT2D eigenvalue weighted by molar-refractivity contribution is -0.116. The van der Waals surface area contributed by atoms with Crippen molar-refractivity contribution in [2.45, 2.75) is 13.0 Å². The minimum Gasteiger partial charge on any atom is -0.325 e. The molecule has 128 valence electrons. The number of anilines is 1. The van der Waals surface area contributed by atoms with Gasteiger partial charge in [0, 0.05) is 16.8 Å². The Morgan fingerprint density at radius 3 is 2.42 bits per heavy atom. The maximum absolute atomic E-state index is 12.3. The Labute approximate surface area is 147 Å². The van der Waals surface area contributed by atoms with Gasteiger partial charge in [-0.25, -0.2) is 8.42 Å². The fraction of sp³-hybridized carbons (Fsp3) is 0.235. The van der Waals surface area contributed by atoms with Crippen molar-refractivity contribution in [3.8, 4) is 0 Å². The van der Waals surface area contributed by atoms with E-state index in [1.165, 1.54) is 4.31 Å². The Morgan fingerprint density at radius 2 is 1.83 bits per heavy atom. The van der Waals surface area contributed by atoms with Crippen molar-refractivity contribution < 1.29 is 13.2 Å². The molecule has 0 fully saturated rings. The second-order valence-electron chi connectivity index (χ2n) is 5.45. The third-order valence-electron chi connectivity index (χ3n) is 3.55. The van der Waals surface area contributed by atoms with Crippen LogP contribution >= 0.6 is 11.6 Å². The Kier molecular flexibility index (Phi) is 5.99. The van der Waals surface area contributed by atoms with Gasteiger partial charge in [0.1, 0.15) is 0 Å². The van der Waals surface area contributed by atoms with Crippen LogP contribution in [0.15, 0.2) is 54.6 Å². The molecular formula is C17H19ClN2O3S. The lowest BCUT2D eigenvalue weighted by Crippen LogP contribution is -2.39. The first-order chi connectivity index (χ1) is 11.3. The number of carbonyl (C=O) groups excluding carboxylic acids is 1. The molecule has 0 aliphatic rings. The van der Waals surface area contributed by atoms with Gasteiger partial charge >= 0.3 is 0 Å². The second-order valence-corrected chi connectivity index (χ2v) is 7.82. The molecule has 24 heavy (non-hydrogen) atoms. The van der Waals surface area contributed by atoms with E-state index in [1.54, 1.807) is 31.2 Å². The largest absolute Gasteiger partial charge is 0.325 e. The predicted molar refractivity (Wildman–Crippen MR) is 96.5 cm³/mol. The number of nitrogens with one attached hydrogen (secondary N) is 1. The smallest absolute Gasteiger partial charge is 0.239 e. The predicted octanol–water partition coefficient (Wildman–Crippen LogP) is 3.30. The van der Waals surface area contributed by atoms with Crippen LogP contribution in [0.5, 0.6) is 0 Å². The zero-order valence-corrected chi connectivity index (χ0v) is 15.0. The van der Waals surface area contributed by atoms with E-state index in [9.17, 15) is 13.2 Å². The van der Waals surface area contributed by atoms with E-state index in [1.807, 2.05) is 30.3 Å². The molecule has 0 aromatic heterocycles. The minimum atomic E-state index is -3.56. The average Bonchev–Trinajstić information content (AvgIpc) is 2.52. The summed E-state index contributed by atoms with van der Waals surface area (Å²) in [5, 5.41) is 3.15. The molecular weight excluding hydrogens is 348 g/mol. The van der Waals surface area contributed by atoms with E-state index < -0.39 is 22.0 Å². The standard InChI is InChI=1S/C17H19ClN2O3S/c1-13(14-7-4-3-5-8-14)20(24(2,22)23)12-17(21)19-16-10-6-9-15(18)11-16/h3-11,13H,12H2,1-2H3,(H,19,21). The van der Waals surface area contributed by atoms with Crippen LogP contribution < -0.4 is 5.32 Å². The van der Waals surface area contributed by atoms with Crippen molar-refractivity contribution in [2.24, 2.45) is 0 Å². The quantitative estimate of drug-likeness (QED) is 0.852. The van der Waals surface area contributed by atoms with Gasteiger partial charge in [-0.2, -0.15) is 4.31 Å². The maximum Gasteiger partial charge on any atom is 0.239 e. The summed E-state index contributed by atoms with van der Waals surface area (Å²) in [7, 11) is -3.56. The lowest BCUT2D eigenvalue weighted by Gasteiger charge is -2.26. The van der Waals surface area contributed by atoms with Crippen LogP contribution in [0.3, 0.4) is 0 Å². The Balaban J connectivity index is 2.16. The van der Waals surface area contributed by atoms with Crippen LogP contribution in [-0.2, 0) is 14.8 Å². The topological polar surface area (TPSA) is 66.5 Å². The number of benzene rings is 2. The van der Waals surface area contributed by atoms with Crippen molar-refractivity contribution >= 4 is 33.2 Å². The second kappa shape index (κ2) is 7.79. The number of hydrogen-bond acceptors (Lipinski definition) is 3. The molecule has 0 radical (unpaired) electrons. The van der Waals surface area contributed by atoms with Gasteiger partial charge < -0.3 is 5.32 Å². The number of rotatable bonds is 6. The molecule has 1 atom stereocenters. The van der Waals surface area contributed by atoms with Gasteiger partial charge in [0.05, 0.1) is 12.8 Å². The van der Waals surface area contributed by atoms with Crippen molar-refractivity contribution in [1.82, 2.24) is 4.31 Å². The maximum atomic E-state index is 12.3. The number of nitrogens with zero attached hydrogens (tertiary/aromatic N) is 1. The lowest BCUT2D eigenvalue weighted by atomic mass is 10.1. The molecule has 1 amide bonds. The minimum absolute atomic E-state index is 0.276. The van der Waals surface area contributed by atoms with Crippen molar-refractivity contribution in [2.75, 3.05) is 18.1 Å². The molecule has 0 aliphatic heterocycles. The van der Waals surface area contributed by atoms with Gasteiger partial charge in [-0.05, 0) is 30.7 Å². The molecule has 1 unspecified atom stereocenters. The van der Waals surface area contributed by atoms with Crippen molar-refractivity contribution in [3.05, 3.63) is 65.2 Å². The zero-order valence-electron chi connectivity index (χ0n) is 13.4. The Hall–Kier alpha value is -1.89. The molecule has 5 nitrogen and oxygen atoms in total. The van der Waals surface area contributed by atoms with E-state index in [4.69, 9.17) is 11.6 Å². The molecule has 0 heterocycles. The van der Waals surface area contributed by atoms with Crippen LogP contribution in [0.2, 0.25) is 5.02 Å². The number of halogens is 1. The molecule has 2 aromatic rings. The third-order valence-corrected chi connectivity index (χ3v) is 5.08. The van der Waals surface area contributed by atoms with Gasteiger partial charge in [0.2, 0.25) is 15.9 Å². The molecule has 2 rings (SSSR count). The summed E-state index contributed by atoms with van der Waals surface area (Å²) in [5.74, 6) is -0.425. The highest BCUT2D eigenvalue weighted by Crippen LogP contribution is 2.22. The summed E-state index contributed by atoms with van der Waals surface area (Å²) >= 11 is 5.88. The summed E-state index contributed by atoms with van der Waals surface area (Å²) in [6, 6.07) is 15.4. The summed E-state index contributed by atoms with van der Waals surface area (Å²) in [6.45, 7) is 1.48. The summed E-state index contributed by atoms with van der Waals surface area (Å²) in [4.78, 5) is 12.3. The average molecular weight is 367 g/mol. The molecule has 7 heteroatoms. The van der Waals surface area contributed by atoms with E-state index in [0.717, 1.165) is 11.8 Å². The molecule has 0 saturated heterocycles. The van der Waals surface area contributed by atoms with Gasteiger partial charge in [-0.15, -0.1) is 0 Å². The summed E-state index contributed by atoms with van der Waals surface area (Å²) < 4.78 is 25.4. The van der Waals surface area contributed by atoms with Crippen LogP contribution in [-0.4, -0.2) is 31.4 Å². The molecule has 1 N–H and O–H groups in total. The van der Waals surface area contributed by atoms with Crippen LogP contribution in [0.1, 0.15) is 18.5 Å². The van der Waals surface area contributed by atoms with Crippen LogP contribution in [0.4, 0.5) is 5.69 Å². The molecule has 2 aromatic carbocycles. The van der Waals surface area contributed by atoms with E-state index in [-0.39, 0.29) is 6.54 Å². The van der Waals surface area contributed by atoms with Crippen molar-refractivity contribution in [3.63, 3.8) is 0 Å². The summed E-state index contributed by atoms with van der Waals surface area (Å²) in [6.07, 6.45) is 1.10. The van der Waals surface area contributed by atoms with Gasteiger partial charge in [-0.3, -0.25) is 4.79 Å². The monoisotopic (exact) mass is 366 g/mol. The summed E-state index contributed by atoms with van der Waals surface area (Å²) in [5.41, 5.74) is 1.34. The zero-order chi connectivity index (χ0) is 17.7. The van der Waals surface area contributed by atoms with E-state index >= 15 is 0 Å². The molecule has 0 aliphatic carbocycles. The van der Waals surface area contributed by atoms with Crippen LogP contribution in [0, 0.1) is 0 Å². The highest BCUT2D eigenvalue weighted by atomic mass is 35.5. The first-order valence-electron chi connectivity index (χ1n) is 7.34. The molecule has 0 spiro atoms. The first-order valence-corrected chi connectivity index (χ1v) is 9.57. The van der Waals surface area contributed by atoms with Gasteiger partial charge in [0.25, 0.3) is 0 Å². The Bertz CT molecular complexity index is 810. The van der Waals surface area contributed by atoms with Gasteiger partial charge in [-0.1, -0.05) is 48.0 Å². The highest BCUT2D eigenvalue weighted by molar-refractivity contribution is 7.88. The Morgan fingerprint density at radius 1 is 1.17 bits per heavy atom. The van der Waals surface area contributed by atoms with E-state index in [0.29, 0.717) is 10.7 Å². The number of sulfonamides is 1. The fourth-order valence-electron chi connectivity index (χ4n) is 2.35. The van der Waals surface area contributed by atoms with Crippen LogP contribution in [0.25, 0.3) is 0 Å². The molecule has 0 bridgehead atoms. The number of hydrogen-bond donors (Lipinski definition) is 1. The first kappa shape index (κ1) is 18.4. The normalized spacial score (nSPS) is 12.8. The SMILES string of the molecule is CC(c1ccccc1)N(CC(=O)Nc1cccc(Cl)c1)S(C)(=O)=O. The number of amides is 1.